The molecule has 0 saturated heterocycles. The summed E-state index contributed by atoms with van der Waals surface area (Å²) in [6, 6.07) is 14.4. The van der Waals surface area contributed by atoms with Crippen LogP contribution >= 0.6 is 0 Å². The Labute approximate surface area is 318 Å². The predicted octanol–water partition coefficient (Wildman–Crippen LogP) is 7.86. The van der Waals surface area contributed by atoms with Crippen molar-refractivity contribution in [1.29, 1.82) is 0 Å². The van der Waals surface area contributed by atoms with E-state index in [2.05, 4.69) is 67.7 Å². The fourth-order valence-corrected chi connectivity index (χ4v) is 6.81. The van der Waals surface area contributed by atoms with Gasteiger partial charge in [-0.15, -0.1) is 21.9 Å². The Balaban J connectivity index is 0.000000313. The van der Waals surface area contributed by atoms with Crippen LogP contribution in [-0.4, -0.2) is 6.15 Å². The van der Waals surface area contributed by atoms with E-state index in [0.717, 1.165) is 13.1 Å². The van der Waals surface area contributed by atoms with Crippen molar-refractivity contribution in [3.05, 3.63) is 188 Å². The molecule has 0 atom stereocenters. The number of aryl methyl sites for hydroxylation is 2. The third-order valence-corrected chi connectivity index (χ3v) is 9.57. The molecule has 0 aromatic heterocycles. The van der Waals surface area contributed by atoms with Crippen molar-refractivity contribution >= 4 is 28.0 Å². The fourth-order valence-electron chi connectivity index (χ4n) is 6.81. The Morgan fingerprint density at radius 2 is 0.552 bits per heavy atom. The summed E-state index contributed by atoms with van der Waals surface area (Å²) in [6.45, 7) is 6.47. The molecule has 18 heteroatoms. The minimum atomic E-state index is -6.49. The largest absolute Gasteiger partial charge is 0.339 e. The lowest BCUT2D eigenvalue weighted by Crippen LogP contribution is -2.81. The molecule has 58 heavy (non-hydrogen) atoms. The lowest BCUT2D eigenvalue weighted by Gasteiger charge is -2.44. The van der Waals surface area contributed by atoms with Crippen LogP contribution in [0.15, 0.2) is 72.8 Å². The number of hydrogen-bond donors (Lipinski definition) is 1. The standard InChI is InChI=1S/C24H4BF16.C16H19N/c26-5-1-6(27)18(35)13(17(5)34)25(14-19(36)7(28)2-8(29)20(14)37,15-21(38)9(30)3-10(31)22(15)39)16-23(40)11(32)4-12(33)24(16)41;1-13-7-3-5-9-15(13)11-17-12-16-10-6-4-8-14(16)2/h1-4H;3-10,17H,11-12H2,1-2H3/q-1;/p+1. The maximum Gasteiger partial charge on any atom is 0.158 e. The van der Waals surface area contributed by atoms with Crippen molar-refractivity contribution in [2.45, 2.75) is 26.9 Å². The molecule has 0 fully saturated rings. The quantitative estimate of drug-likeness (QED) is 0.0915. The maximum atomic E-state index is 15.3. The number of quaternary nitrogens is 1. The van der Waals surface area contributed by atoms with E-state index in [0.29, 0.717) is 0 Å². The van der Waals surface area contributed by atoms with Crippen LogP contribution in [-0.2, 0) is 13.1 Å². The van der Waals surface area contributed by atoms with Gasteiger partial charge in [0.1, 0.15) is 65.8 Å². The van der Waals surface area contributed by atoms with Crippen LogP contribution in [0.4, 0.5) is 70.2 Å². The Bertz CT molecular complexity index is 2150. The van der Waals surface area contributed by atoms with E-state index in [9.17, 15) is 35.1 Å². The summed E-state index contributed by atoms with van der Waals surface area (Å²) < 4.78 is 238. The monoisotopic (exact) mass is 833 g/mol. The second-order valence-electron chi connectivity index (χ2n) is 12.9. The number of nitrogens with two attached hydrogens (primary N) is 1. The third kappa shape index (κ3) is 7.64. The second kappa shape index (κ2) is 17.0. The number of hydrogen-bond acceptors (Lipinski definition) is 0. The first-order chi connectivity index (χ1) is 27.3. The topological polar surface area (TPSA) is 16.6 Å². The minimum absolute atomic E-state index is 0.689. The number of rotatable bonds is 8. The van der Waals surface area contributed by atoms with Crippen LogP contribution in [0.25, 0.3) is 0 Å². The molecule has 2 N–H and O–H groups in total. The highest BCUT2D eigenvalue weighted by Gasteiger charge is 2.50. The highest BCUT2D eigenvalue weighted by molar-refractivity contribution is 7.20. The summed E-state index contributed by atoms with van der Waals surface area (Å²) >= 11 is 0. The molecule has 0 aliphatic heterocycles. The van der Waals surface area contributed by atoms with Crippen molar-refractivity contribution in [3.63, 3.8) is 0 Å². The van der Waals surface area contributed by atoms with Gasteiger partial charge in [-0.25, -0.2) is 70.2 Å². The van der Waals surface area contributed by atoms with Crippen LogP contribution < -0.4 is 27.2 Å². The van der Waals surface area contributed by atoms with E-state index in [4.69, 9.17) is 0 Å². The molecule has 6 aromatic carbocycles. The van der Waals surface area contributed by atoms with Gasteiger partial charge in [0.15, 0.2) is 46.5 Å². The first kappa shape index (κ1) is 43.3. The van der Waals surface area contributed by atoms with Gasteiger partial charge in [0, 0.05) is 35.4 Å². The van der Waals surface area contributed by atoms with Crippen LogP contribution in [0, 0.1) is 107 Å². The Morgan fingerprint density at radius 1 is 0.345 bits per heavy atom. The fraction of sp³-hybridized carbons (Fsp3) is 0.100. The maximum absolute atomic E-state index is 15.3. The van der Waals surface area contributed by atoms with E-state index >= 15 is 35.1 Å². The van der Waals surface area contributed by atoms with Crippen molar-refractivity contribution in [1.82, 2.24) is 0 Å². The van der Waals surface area contributed by atoms with Crippen molar-refractivity contribution in [3.8, 4) is 0 Å². The van der Waals surface area contributed by atoms with Crippen LogP contribution in [0.2, 0.25) is 0 Å². The summed E-state index contributed by atoms with van der Waals surface area (Å²) in [5.74, 6) is -46.2. The zero-order valence-electron chi connectivity index (χ0n) is 29.5. The van der Waals surface area contributed by atoms with Gasteiger partial charge in [0.05, 0.1) is 0 Å². The van der Waals surface area contributed by atoms with E-state index in [1.54, 1.807) is 0 Å². The number of benzene rings is 6. The Hall–Kier alpha value is -5.78. The molecule has 1 nitrogen and oxygen atoms in total. The molecule has 0 heterocycles. The first-order valence-electron chi connectivity index (χ1n) is 16.7. The SMILES string of the molecule is Cc1ccccc1C[NH2+]Cc1ccccc1C.Fc1cc(F)c(F)c([B-](c2c(F)c(F)cc(F)c2F)(c2c(F)c(F)cc(F)c2F)c2c(F)c(F)cc(F)c2F)c1F. The average Bonchev–Trinajstić information content (AvgIpc) is 3.17. The summed E-state index contributed by atoms with van der Waals surface area (Å²) in [6.07, 6.45) is -6.49. The molecule has 0 unspecified atom stereocenters. The molecule has 0 radical (unpaired) electrons. The summed E-state index contributed by atoms with van der Waals surface area (Å²) in [5, 5.41) is 2.37. The van der Waals surface area contributed by atoms with Gasteiger partial charge in [0.25, 0.3) is 0 Å². The van der Waals surface area contributed by atoms with Crippen molar-refractivity contribution < 1.29 is 75.6 Å². The van der Waals surface area contributed by atoms with E-state index in [1.165, 1.54) is 22.3 Å². The van der Waals surface area contributed by atoms with Gasteiger partial charge in [-0.1, -0.05) is 48.5 Å². The molecule has 0 amide bonds. The summed E-state index contributed by atoms with van der Waals surface area (Å²) in [4.78, 5) is 0. The molecule has 304 valence electrons. The molecule has 0 aliphatic carbocycles. The van der Waals surface area contributed by atoms with Crippen LogP contribution in [0.5, 0.6) is 0 Å². The molecule has 0 spiro atoms. The second-order valence-corrected chi connectivity index (χ2v) is 12.9. The molecule has 0 aliphatic rings. The summed E-state index contributed by atoms with van der Waals surface area (Å²) in [5.41, 5.74) is -6.33. The van der Waals surface area contributed by atoms with Crippen molar-refractivity contribution in [2.75, 3.05) is 0 Å². The zero-order chi connectivity index (χ0) is 43.0. The van der Waals surface area contributed by atoms with E-state index < -0.39 is 145 Å². The van der Waals surface area contributed by atoms with Crippen molar-refractivity contribution in [2.24, 2.45) is 0 Å². The van der Waals surface area contributed by atoms with Gasteiger partial charge in [-0.05, 0) is 25.0 Å². The smallest absolute Gasteiger partial charge is 0.158 e. The first-order valence-corrected chi connectivity index (χ1v) is 16.7. The zero-order valence-corrected chi connectivity index (χ0v) is 29.5. The molecule has 6 rings (SSSR count). The Kier molecular flexibility index (Phi) is 12.7. The minimum Gasteiger partial charge on any atom is -0.339 e. The molecule has 0 saturated carbocycles. The van der Waals surface area contributed by atoms with Gasteiger partial charge in [-0.3, -0.25) is 0 Å². The van der Waals surface area contributed by atoms with E-state index in [1.807, 2.05) is 0 Å². The van der Waals surface area contributed by atoms with Crippen LogP contribution in [0.1, 0.15) is 22.3 Å². The van der Waals surface area contributed by atoms with E-state index in [-0.39, 0.29) is 0 Å². The summed E-state index contributed by atoms with van der Waals surface area (Å²) in [7, 11) is 0. The third-order valence-electron chi connectivity index (χ3n) is 9.57. The molecular weight excluding hydrogens is 809 g/mol. The molecular formula is C40H24BF16N. The van der Waals surface area contributed by atoms with Gasteiger partial charge < -0.3 is 5.32 Å². The Morgan fingerprint density at radius 3 is 0.759 bits per heavy atom. The van der Waals surface area contributed by atoms with Crippen LogP contribution in [0.3, 0.4) is 0 Å². The number of halogens is 16. The lowest BCUT2D eigenvalue weighted by atomic mass is 9.12. The normalized spacial score (nSPS) is 11.5. The lowest BCUT2D eigenvalue weighted by molar-refractivity contribution is -0.686. The van der Waals surface area contributed by atoms with Gasteiger partial charge in [0.2, 0.25) is 0 Å². The molecule has 6 aromatic rings. The predicted molar refractivity (Wildman–Crippen MR) is 181 cm³/mol. The van der Waals surface area contributed by atoms with Gasteiger partial charge in [-0.2, -0.15) is 0 Å². The van der Waals surface area contributed by atoms with Gasteiger partial charge >= 0.3 is 0 Å². The highest BCUT2D eigenvalue weighted by atomic mass is 19.2. The highest BCUT2D eigenvalue weighted by Crippen LogP contribution is 2.28. The molecule has 0 bridgehead atoms. The average molecular weight is 833 g/mol.